The Morgan fingerprint density at radius 3 is 2.65 bits per heavy atom. The molecule has 2 aliphatic heterocycles. The minimum absolute atomic E-state index is 0.00508. The maximum Gasteiger partial charge on any atom is 0.337 e. The van der Waals surface area contributed by atoms with E-state index in [1.807, 2.05) is 10.6 Å². The molecule has 1 aromatic heterocycles. The number of aromatic nitrogens is 1. The number of pyridine rings is 1. The summed E-state index contributed by atoms with van der Waals surface area (Å²) in [6, 6.07) is 11.3. The van der Waals surface area contributed by atoms with Crippen molar-refractivity contribution in [3.63, 3.8) is 0 Å². The molecule has 1 aromatic carbocycles. The Balaban J connectivity index is 1.55. The van der Waals surface area contributed by atoms with Crippen LogP contribution in [-0.2, 0) is 6.54 Å². The number of rotatable bonds is 2. The number of anilines is 1. The normalized spacial score (nSPS) is 21.0. The lowest BCUT2D eigenvalue weighted by Crippen LogP contribution is -2.50. The number of hydrogen-bond acceptors (Lipinski definition) is 3. The van der Waals surface area contributed by atoms with Crippen molar-refractivity contribution in [1.29, 1.82) is 0 Å². The summed E-state index contributed by atoms with van der Waals surface area (Å²) < 4.78 is 1.81. The molecular formula is C19H19N3O4. The van der Waals surface area contributed by atoms with E-state index in [9.17, 15) is 19.5 Å². The number of amides is 2. The first-order chi connectivity index (χ1) is 12.5. The molecule has 2 atom stereocenters. The van der Waals surface area contributed by atoms with Gasteiger partial charge in [-0.25, -0.2) is 9.59 Å². The van der Waals surface area contributed by atoms with Crippen LogP contribution in [0.2, 0.25) is 0 Å². The number of carboxylic acids is 1. The summed E-state index contributed by atoms with van der Waals surface area (Å²) in [6.45, 7) is 1.68. The Morgan fingerprint density at radius 2 is 1.85 bits per heavy atom. The van der Waals surface area contributed by atoms with Crippen molar-refractivity contribution in [3.05, 3.63) is 64.1 Å². The minimum Gasteiger partial charge on any atom is -0.478 e. The SMILES string of the molecule is O=C(O)c1ccccc1NC(=O)N1C[C@H]2C[C@@H](C1)c1cccc(=O)n1C2. The van der Waals surface area contributed by atoms with Gasteiger partial charge in [-0.05, 0) is 30.5 Å². The smallest absolute Gasteiger partial charge is 0.337 e. The Kier molecular flexibility index (Phi) is 3.99. The van der Waals surface area contributed by atoms with Crippen LogP contribution in [0.4, 0.5) is 10.5 Å². The van der Waals surface area contributed by atoms with Gasteiger partial charge in [0.15, 0.2) is 0 Å². The summed E-state index contributed by atoms with van der Waals surface area (Å²) in [5, 5.41) is 12.0. The Bertz CT molecular complexity index is 936. The van der Waals surface area contributed by atoms with E-state index >= 15 is 0 Å². The molecule has 0 spiro atoms. The summed E-state index contributed by atoms with van der Waals surface area (Å²) >= 11 is 0. The van der Waals surface area contributed by atoms with Crippen LogP contribution in [0, 0.1) is 5.92 Å². The molecule has 0 saturated carbocycles. The largest absolute Gasteiger partial charge is 0.478 e. The van der Waals surface area contributed by atoms with Gasteiger partial charge in [0.2, 0.25) is 0 Å². The Labute approximate surface area is 149 Å². The van der Waals surface area contributed by atoms with E-state index in [2.05, 4.69) is 5.32 Å². The Hall–Kier alpha value is -3.09. The van der Waals surface area contributed by atoms with Crippen LogP contribution in [-0.4, -0.2) is 39.7 Å². The first-order valence-corrected chi connectivity index (χ1v) is 8.61. The van der Waals surface area contributed by atoms with Gasteiger partial charge >= 0.3 is 12.0 Å². The topological polar surface area (TPSA) is 91.6 Å². The quantitative estimate of drug-likeness (QED) is 0.866. The van der Waals surface area contributed by atoms with Crippen molar-refractivity contribution >= 4 is 17.7 Å². The average molecular weight is 353 g/mol. The molecule has 2 aromatic rings. The summed E-state index contributed by atoms with van der Waals surface area (Å²) in [5.41, 5.74) is 1.33. The molecule has 26 heavy (non-hydrogen) atoms. The molecule has 7 heteroatoms. The molecule has 2 bridgehead atoms. The zero-order valence-corrected chi connectivity index (χ0v) is 14.1. The van der Waals surface area contributed by atoms with E-state index in [1.54, 1.807) is 35.2 Å². The highest BCUT2D eigenvalue weighted by atomic mass is 16.4. The molecular weight excluding hydrogens is 334 g/mol. The van der Waals surface area contributed by atoms with Crippen LogP contribution in [0.5, 0.6) is 0 Å². The number of nitrogens with zero attached hydrogens (tertiary/aromatic N) is 2. The van der Waals surface area contributed by atoms with Gasteiger partial charge in [-0.15, -0.1) is 0 Å². The molecule has 0 unspecified atom stereocenters. The number of hydrogen-bond donors (Lipinski definition) is 2. The second-order valence-electron chi connectivity index (χ2n) is 6.88. The van der Waals surface area contributed by atoms with Gasteiger partial charge in [0.05, 0.1) is 11.3 Å². The predicted molar refractivity (Wildman–Crippen MR) is 95.5 cm³/mol. The number of piperidine rings is 1. The second kappa shape index (κ2) is 6.33. The van der Waals surface area contributed by atoms with Crippen molar-refractivity contribution in [3.8, 4) is 0 Å². The van der Waals surface area contributed by atoms with Gasteiger partial charge in [0, 0.05) is 37.3 Å². The van der Waals surface area contributed by atoms with E-state index in [-0.39, 0.29) is 34.7 Å². The monoisotopic (exact) mass is 353 g/mol. The molecule has 0 radical (unpaired) electrons. The summed E-state index contributed by atoms with van der Waals surface area (Å²) in [4.78, 5) is 37.8. The molecule has 7 nitrogen and oxygen atoms in total. The zero-order valence-electron chi connectivity index (χ0n) is 14.1. The van der Waals surface area contributed by atoms with E-state index in [4.69, 9.17) is 0 Å². The number of aromatic carboxylic acids is 1. The summed E-state index contributed by atoms with van der Waals surface area (Å²) in [5.74, 6) is -0.733. The molecule has 2 N–H and O–H groups in total. The third-order valence-corrected chi connectivity index (χ3v) is 5.17. The van der Waals surface area contributed by atoms with Crippen LogP contribution in [0.25, 0.3) is 0 Å². The first-order valence-electron chi connectivity index (χ1n) is 8.61. The van der Waals surface area contributed by atoms with E-state index < -0.39 is 5.97 Å². The Morgan fingerprint density at radius 1 is 1.04 bits per heavy atom. The molecule has 0 aliphatic carbocycles. The number of urea groups is 1. The fraction of sp³-hybridized carbons (Fsp3) is 0.316. The minimum atomic E-state index is -1.08. The number of carbonyl (C=O) groups is 2. The third kappa shape index (κ3) is 2.85. The maximum absolute atomic E-state index is 12.7. The second-order valence-corrected chi connectivity index (χ2v) is 6.88. The van der Waals surface area contributed by atoms with Crippen molar-refractivity contribution in [2.75, 3.05) is 18.4 Å². The van der Waals surface area contributed by atoms with Gasteiger partial charge in [-0.1, -0.05) is 18.2 Å². The van der Waals surface area contributed by atoms with Crippen molar-refractivity contribution in [2.24, 2.45) is 5.92 Å². The number of fused-ring (bicyclic) bond motifs is 4. The molecule has 134 valence electrons. The predicted octanol–water partition coefficient (Wildman–Crippen LogP) is 2.20. The molecule has 3 heterocycles. The lowest BCUT2D eigenvalue weighted by Gasteiger charge is -2.42. The standard InChI is InChI=1S/C19H19N3O4/c23-17-7-3-6-16-13-8-12(10-22(16)17)9-21(11-13)19(26)20-15-5-2-1-4-14(15)18(24)25/h1-7,12-13H,8-11H2,(H,20,26)(H,24,25)/t12-,13+/m1/s1. The van der Waals surface area contributed by atoms with Crippen molar-refractivity contribution in [2.45, 2.75) is 18.9 Å². The van der Waals surface area contributed by atoms with Crippen LogP contribution in [0.3, 0.4) is 0 Å². The lowest BCUT2D eigenvalue weighted by atomic mass is 9.83. The highest BCUT2D eigenvalue weighted by Gasteiger charge is 2.36. The summed E-state index contributed by atoms with van der Waals surface area (Å²) in [6.07, 6.45) is 0.957. The van der Waals surface area contributed by atoms with E-state index in [0.29, 0.717) is 19.6 Å². The number of carbonyl (C=O) groups excluding carboxylic acids is 1. The van der Waals surface area contributed by atoms with Gasteiger partial charge < -0.3 is 19.9 Å². The number of nitrogens with one attached hydrogen (secondary N) is 1. The first kappa shape index (κ1) is 16.4. The summed E-state index contributed by atoms with van der Waals surface area (Å²) in [7, 11) is 0. The molecule has 2 aliphatic rings. The number of para-hydroxylation sites is 1. The van der Waals surface area contributed by atoms with Crippen LogP contribution in [0.15, 0.2) is 47.3 Å². The average Bonchev–Trinajstić information content (AvgIpc) is 2.63. The van der Waals surface area contributed by atoms with Gasteiger partial charge in [-0.2, -0.15) is 0 Å². The fourth-order valence-electron chi connectivity index (χ4n) is 4.04. The van der Waals surface area contributed by atoms with Crippen LogP contribution >= 0.6 is 0 Å². The van der Waals surface area contributed by atoms with Gasteiger partial charge in [0.1, 0.15) is 0 Å². The number of carboxylic acid groups (broad SMARTS) is 1. The van der Waals surface area contributed by atoms with E-state index in [0.717, 1.165) is 12.1 Å². The van der Waals surface area contributed by atoms with Gasteiger partial charge in [-0.3, -0.25) is 4.79 Å². The number of benzene rings is 1. The van der Waals surface area contributed by atoms with Crippen molar-refractivity contribution < 1.29 is 14.7 Å². The molecule has 1 saturated heterocycles. The highest BCUT2D eigenvalue weighted by Crippen LogP contribution is 2.35. The molecule has 4 rings (SSSR count). The highest BCUT2D eigenvalue weighted by molar-refractivity contribution is 6.00. The molecule has 1 fully saturated rings. The number of likely N-dealkylation sites (tertiary alicyclic amines) is 1. The van der Waals surface area contributed by atoms with Crippen LogP contribution in [0.1, 0.15) is 28.4 Å². The zero-order chi connectivity index (χ0) is 18.3. The molecule has 2 amide bonds. The maximum atomic E-state index is 12.7. The third-order valence-electron chi connectivity index (χ3n) is 5.17. The lowest BCUT2D eigenvalue weighted by molar-refractivity contribution is 0.0698. The van der Waals surface area contributed by atoms with Gasteiger partial charge in [0.25, 0.3) is 5.56 Å². The van der Waals surface area contributed by atoms with Crippen LogP contribution < -0.4 is 10.9 Å². The van der Waals surface area contributed by atoms with E-state index in [1.165, 1.54) is 6.07 Å². The van der Waals surface area contributed by atoms with Crippen molar-refractivity contribution in [1.82, 2.24) is 9.47 Å². The fourth-order valence-corrected chi connectivity index (χ4v) is 4.04.